The molecule has 0 amide bonds. The summed E-state index contributed by atoms with van der Waals surface area (Å²) in [6, 6.07) is 0. The van der Waals surface area contributed by atoms with E-state index in [-0.39, 0.29) is 5.54 Å². The number of methoxy groups -OCH3 is 1. The van der Waals surface area contributed by atoms with Gasteiger partial charge in [-0.25, -0.2) is 4.98 Å². The van der Waals surface area contributed by atoms with Crippen molar-refractivity contribution < 1.29 is 4.74 Å². The first-order valence-electron chi connectivity index (χ1n) is 6.91. The monoisotopic (exact) mass is 283 g/mol. The molecule has 1 saturated heterocycles. The van der Waals surface area contributed by atoms with Crippen LogP contribution >= 0.6 is 11.3 Å². The number of thiazole rings is 1. The summed E-state index contributed by atoms with van der Waals surface area (Å²) in [4.78, 5) is 7.11. The number of hydrogen-bond donors (Lipinski definition) is 1. The van der Waals surface area contributed by atoms with E-state index in [0.29, 0.717) is 5.92 Å². The molecule has 1 atom stereocenters. The second-order valence-electron chi connectivity index (χ2n) is 6.28. The molecule has 1 unspecified atom stereocenters. The predicted octanol–water partition coefficient (Wildman–Crippen LogP) is 2.50. The first-order valence-corrected chi connectivity index (χ1v) is 7.79. The molecule has 0 bridgehead atoms. The van der Waals surface area contributed by atoms with Crippen molar-refractivity contribution in [1.29, 1.82) is 0 Å². The Hall–Kier alpha value is -0.650. The zero-order chi connectivity index (χ0) is 13.9. The highest BCUT2D eigenvalue weighted by atomic mass is 32.1. The molecule has 1 fully saturated rings. The fourth-order valence-electron chi connectivity index (χ4n) is 2.26. The van der Waals surface area contributed by atoms with Crippen molar-refractivity contribution in [2.24, 2.45) is 5.92 Å². The summed E-state index contributed by atoms with van der Waals surface area (Å²) >= 11 is 1.75. The van der Waals surface area contributed by atoms with Crippen LogP contribution in [0, 0.1) is 5.92 Å². The van der Waals surface area contributed by atoms with E-state index < -0.39 is 0 Å². The van der Waals surface area contributed by atoms with Gasteiger partial charge in [0.05, 0.1) is 12.3 Å². The molecule has 108 valence electrons. The molecule has 1 aromatic rings. The average molecular weight is 283 g/mol. The van der Waals surface area contributed by atoms with Gasteiger partial charge in [-0.05, 0) is 27.2 Å². The van der Waals surface area contributed by atoms with E-state index in [4.69, 9.17) is 9.72 Å². The van der Waals surface area contributed by atoms with Gasteiger partial charge in [-0.3, -0.25) is 0 Å². The van der Waals surface area contributed by atoms with E-state index in [1.165, 1.54) is 6.42 Å². The maximum atomic E-state index is 5.24. The summed E-state index contributed by atoms with van der Waals surface area (Å²) in [5.41, 5.74) is 1.28. The highest BCUT2D eigenvalue weighted by Crippen LogP contribution is 2.27. The smallest absolute Gasteiger partial charge is 0.185 e. The molecule has 0 aliphatic carbocycles. The van der Waals surface area contributed by atoms with E-state index >= 15 is 0 Å². The molecule has 1 aromatic heterocycles. The number of aromatic nitrogens is 1. The van der Waals surface area contributed by atoms with E-state index in [2.05, 4.69) is 36.4 Å². The third-order valence-electron chi connectivity index (χ3n) is 3.30. The van der Waals surface area contributed by atoms with Crippen molar-refractivity contribution in [2.75, 3.05) is 31.7 Å². The standard InChI is InChI=1S/C14H25N3OS/c1-14(2,3)15-7-12-10-19-13(16-12)17-6-5-11(8-17)9-18-4/h10-11,15H,5-9H2,1-4H3. The Morgan fingerprint density at radius 2 is 2.32 bits per heavy atom. The third kappa shape index (κ3) is 4.44. The lowest BCUT2D eigenvalue weighted by Gasteiger charge is -2.19. The minimum Gasteiger partial charge on any atom is -0.384 e. The van der Waals surface area contributed by atoms with E-state index in [9.17, 15) is 0 Å². The summed E-state index contributed by atoms with van der Waals surface area (Å²) < 4.78 is 5.24. The van der Waals surface area contributed by atoms with Crippen molar-refractivity contribution in [1.82, 2.24) is 10.3 Å². The van der Waals surface area contributed by atoms with Crippen molar-refractivity contribution in [2.45, 2.75) is 39.3 Å². The molecular formula is C14H25N3OS. The zero-order valence-corrected chi connectivity index (χ0v) is 13.2. The Labute approximate surface area is 120 Å². The Morgan fingerprint density at radius 1 is 1.53 bits per heavy atom. The number of nitrogens with one attached hydrogen (secondary N) is 1. The van der Waals surface area contributed by atoms with Crippen molar-refractivity contribution in [3.05, 3.63) is 11.1 Å². The lowest BCUT2D eigenvalue weighted by atomic mass is 10.1. The number of nitrogens with zero attached hydrogens (tertiary/aromatic N) is 2. The second kappa shape index (κ2) is 6.20. The summed E-state index contributed by atoms with van der Waals surface area (Å²) in [6.07, 6.45) is 1.21. The van der Waals surface area contributed by atoms with Gasteiger partial charge in [-0.2, -0.15) is 0 Å². The summed E-state index contributed by atoms with van der Waals surface area (Å²) in [6.45, 7) is 10.4. The van der Waals surface area contributed by atoms with Gasteiger partial charge in [-0.1, -0.05) is 0 Å². The van der Waals surface area contributed by atoms with Gasteiger partial charge in [0.25, 0.3) is 0 Å². The molecule has 19 heavy (non-hydrogen) atoms. The molecular weight excluding hydrogens is 258 g/mol. The molecule has 0 spiro atoms. The van der Waals surface area contributed by atoms with Gasteiger partial charge in [-0.15, -0.1) is 11.3 Å². The average Bonchev–Trinajstić information content (AvgIpc) is 2.93. The number of hydrogen-bond acceptors (Lipinski definition) is 5. The summed E-state index contributed by atoms with van der Waals surface area (Å²) in [5.74, 6) is 0.657. The highest BCUT2D eigenvalue weighted by Gasteiger charge is 2.24. The lowest BCUT2D eigenvalue weighted by Crippen LogP contribution is -2.35. The normalized spacial score (nSPS) is 20.2. The Bertz CT molecular complexity index is 400. The van der Waals surface area contributed by atoms with Crippen LogP contribution in [0.25, 0.3) is 0 Å². The summed E-state index contributed by atoms with van der Waals surface area (Å²) in [7, 11) is 1.78. The van der Waals surface area contributed by atoms with Gasteiger partial charge in [0.2, 0.25) is 0 Å². The van der Waals surface area contributed by atoms with Crippen LogP contribution in [0.3, 0.4) is 0 Å². The molecule has 5 heteroatoms. The van der Waals surface area contributed by atoms with Crippen LogP contribution in [-0.4, -0.2) is 37.3 Å². The minimum absolute atomic E-state index is 0.140. The third-order valence-corrected chi connectivity index (χ3v) is 4.25. The molecule has 0 aromatic carbocycles. The molecule has 1 aliphatic rings. The van der Waals surface area contributed by atoms with Crippen LogP contribution < -0.4 is 10.2 Å². The molecule has 4 nitrogen and oxygen atoms in total. The van der Waals surface area contributed by atoms with Gasteiger partial charge in [0.15, 0.2) is 5.13 Å². The van der Waals surface area contributed by atoms with Crippen molar-refractivity contribution >= 4 is 16.5 Å². The van der Waals surface area contributed by atoms with Crippen LogP contribution in [0.5, 0.6) is 0 Å². The lowest BCUT2D eigenvalue weighted by molar-refractivity contribution is 0.161. The number of ether oxygens (including phenoxy) is 1. The molecule has 1 aliphatic heterocycles. The van der Waals surface area contributed by atoms with E-state index in [0.717, 1.165) is 37.1 Å². The Balaban J connectivity index is 1.87. The van der Waals surface area contributed by atoms with Gasteiger partial charge in [0.1, 0.15) is 0 Å². The molecule has 2 rings (SSSR count). The fraction of sp³-hybridized carbons (Fsp3) is 0.786. The van der Waals surface area contributed by atoms with E-state index in [1.807, 2.05) is 0 Å². The van der Waals surface area contributed by atoms with Crippen LogP contribution in [0.2, 0.25) is 0 Å². The molecule has 0 saturated carbocycles. The fourth-order valence-corrected chi connectivity index (χ4v) is 3.12. The van der Waals surface area contributed by atoms with Crippen LogP contribution in [0.15, 0.2) is 5.38 Å². The summed E-state index contributed by atoms with van der Waals surface area (Å²) in [5, 5.41) is 6.80. The van der Waals surface area contributed by atoms with Crippen molar-refractivity contribution in [3.8, 4) is 0 Å². The number of rotatable bonds is 5. The molecule has 0 radical (unpaired) electrons. The highest BCUT2D eigenvalue weighted by molar-refractivity contribution is 7.13. The first-order chi connectivity index (χ1) is 8.98. The SMILES string of the molecule is COCC1CCN(c2nc(CNC(C)(C)C)cs2)C1. The molecule has 1 N–H and O–H groups in total. The predicted molar refractivity (Wildman–Crippen MR) is 80.9 cm³/mol. The quantitative estimate of drug-likeness (QED) is 0.901. The van der Waals surface area contributed by atoms with E-state index in [1.54, 1.807) is 18.4 Å². The number of anilines is 1. The molecule has 2 heterocycles. The Morgan fingerprint density at radius 3 is 3.00 bits per heavy atom. The van der Waals surface area contributed by atoms with Crippen LogP contribution in [0.1, 0.15) is 32.9 Å². The largest absolute Gasteiger partial charge is 0.384 e. The van der Waals surface area contributed by atoms with Gasteiger partial charge in [0, 0.05) is 43.6 Å². The Kier molecular flexibility index (Phi) is 4.81. The van der Waals surface area contributed by atoms with Crippen LogP contribution in [0.4, 0.5) is 5.13 Å². The second-order valence-corrected chi connectivity index (χ2v) is 7.12. The van der Waals surface area contributed by atoms with Gasteiger partial charge >= 0.3 is 0 Å². The first kappa shape index (κ1) is 14.8. The topological polar surface area (TPSA) is 37.4 Å². The minimum atomic E-state index is 0.140. The van der Waals surface area contributed by atoms with Crippen LogP contribution in [-0.2, 0) is 11.3 Å². The maximum Gasteiger partial charge on any atom is 0.185 e. The van der Waals surface area contributed by atoms with Gasteiger partial charge < -0.3 is 15.0 Å². The zero-order valence-electron chi connectivity index (χ0n) is 12.4. The van der Waals surface area contributed by atoms with Crippen molar-refractivity contribution in [3.63, 3.8) is 0 Å². The maximum absolute atomic E-state index is 5.24.